The number of furan rings is 1. The molecule has 0 saturated heterocycles. The summed E-state index contributed by atoms with van der Waals surface area (Å²) in [6.45, 7) is 2.06. The van der Waals surface area contributed by atoms with Crippen LogP contribution in [-0.4, -0.2) is 0 Å². The third-order valence-corrected chi connectivity index (χ3v) is 4.29. The monoisotopic (exact) mass is 376 g/mol. The zero-order valence-electron chi connectivity index (χ0n) is 9.21. The number of aryl methyl sites for hydroxylation is 1. The molecule has 0 radical (unpaired) electrons. The summed E-state index contributed by atoms with van der Waals surface area (Å²) in [4.78, 5) is 0. The van der Waals surface area contributed by atoms with Gasteiger partial charge in [-0.2, -0.15) is 0 Å². The number of rotatable bonds is 3. The van der Waals surface area contributed by atoms with Crippen LogP contribution >= 0.6 is 43.5 Å². The van der Waals surface area contributed by atoms with Crippen molar-refractivity contribution in [1.82, 2.24) is 0 Å². The average Bonchev–Trinajstić information content (AvgIpc) is 2.79. The summed E-state index contributed by atoms with van der Waals surface area (Å²) < 4.78 is 7.44. The minimum absolute atomic E-state index is 0.199. The van der Waals surface area contributed by atoms with Gasteiger partial charge in [0.25, 0.3) is 0 Å². The van der Waals surface area contributed by atoms with Gasteiger partial charge >= 0.3 is 0 Å². The predicted molar refractivity (Wildman–Crippen MR) is 77.6 cm³/mol. The molecule has 1 unspecified atom stereocenters. The van der Waals surface area contributed by atoms with Crippen LogP contribution in [0.1, 0.15) is 29.2 Å². The molecule has 1 nitrogen and oxygen atoms in total. The Morgan fingerprint density at radius 1 is 1.24 bits per heavy atom. The fourth-order valence-electron chi connectivity index (χ4n) is 1.74. The van der Waals surface area contributed by atoms with Crippen LogP contribution in [-0.2, 0) is 6.42 Å². The number of benzene rings is 1. The Morgan fingerprint density at radius 3 is 2.71 bits per heavy atom. The van der Waals surface area contributed by atoms with E-state index >= 15 is 0 Å². The summed E-state index contributed by atoms with van der Waals surface area (Å²) in [5.74, 6) is 0.942. The maximum atomic E-state index is 6.52. The third kappa shape index (κ3) is 2.78. The van der Waals surface area contributed by atoms with Gasteiger partial charge in [-0.1, -0.05) is 38.8 Å². The summed E-state index contributed by atoms with van der Waals surface area (Å²) in [6, 6.07) is 7.92. The van der Waals surface area contributed by atoms with Crippen molar-refractivity contribution in [3.05, 3.63) is 56.4 Å². The molecule has 1 heterocycles. The van der Waals surface area contributed by atoms with Gasteiger partial charge in [-0.3, -0.25) is 0 Å². The average molecular weight is 378 g/mol. The number of hydrogen-bond acceptors (Lipinski definition) is 1. The molecule has 0 aliphatic rings. The van der Waals surface area contributed by atoms with Crippen LogP contribution in [0.4, 0.5) is 0 Å². The molecule has 1 aromatic carbocycles. The van der Waals surface area contributed by atoms with Crippen molar-refractivity contribution >= 4 is 43.5 Å². The van der Waals surface area contributed by atoms with Crippen molar-refractivity contribution in [2.24, 2.45) is 0 Å². The molecule has 0 aliphatic carbocycles. The minimum Gasteiger partial charge on any atom is -0.469 e. The largest absolute Gasteiger partial charge is 0.469 e. The Morgan fingerprint density at radius 2 is 2.00 bits per heavy atom. The molecule has 17 heavy (non-hydrogen) atoms. The molecule has 0 spiro atoms. The van der Waals surface area contributed by atoms with Crippen LogP contribution < -0.4 is 0 Å². The standard InChI is InChI=1S/C13H11Br2ClO/c1-2-12-9(5-6-17-12)13(16)10-7-8(14)3-4-11(10)15/h3-7,13H,2H2,1H3. The molecule has 1 atom stereocenters. The van der Waals surface area contributed by atoms with E-state index in [1.165, 1.54) is 0 Å². The Balaban J connectivity index is 2.43. The molecule has 4 heteroatoms. The van der Waals surface area contributed by atoms with E-state index < -0.39 is 0 Å². The highest BCUT2D eigenvalue weighted by Gasteiger charge is 2.19. The topological polar surface area (TPSA) is 13.1 Å². The lowest BCUT2D eigenvalue weighted by Gasteiger charge is -2.12. The quantitative estimate of drug-likeness (QED) is 0.625. The highest BCUT2D eigenvalue weighted by molar-refractivity contribution is 9.11. The second kappa shape index (κ2) is 5.59. The van der Waals surface area contributed by atoms with E-state index in [0.717, 1.165) is 32.3 Å². The van der Waals surface area contributed by atoms with Crippen molar-refractivity contribution in [1.29, 1.82) is 0 Å². The maximum Gasteiger partial charge on any atom is 0.108 e. The van der Waals surface area contributed by atoms with Crippen LogP contribution in [0.3, 0.4) is 0 Å². The number of halogens is 3. The first kappa shape index (κ1) is 13.2. The highest BCUT2D eigenvalue weighted by atomic mass is 79.9. The molecule has 2 rings (SSSR count). The summed E-state index contributed by atoms with van der Waals surface area (Å²) in [6.07, 6.45) is 2.53. The van der Waals surface area contributed by atoms with Crippen molar-refractivity contribution in [3.63, 3.8) is 0 Å². The summed E-state index contributed by atoms with van der Waals surface area (Å²) in [5, 5.41) is -0.199. The van der Waals surface area contributed by atoms with E-state index in [0.29, 0.717) is 0 Å². The first-order valence-corrected chi connectivity index (χ1v) is 7.31. The Hall–Kier alpha value is -0.250. The van der Waals surface area contributed by atoms with Crippen molar-refractivity contribution in [3.8, 4) is 0 Å². The van der Waals surface area contributed by atoms with Gasteiger partial charge in [-0.25, -0.2) is 0 Å². The lowest BCUT2D eigenvalue weighted by Crippen LogP contribution is -1.96. The molecular weight excluding hydrogens is 367 g/mol. The van der Waals surface area contributed by atoms with E-state index in [2.05, 4.69) is 38.8 Å². The Kier molecular flexibility index (Phi) is 4.34. The number of hydrogen-bond donors (Lipinski definition) is 0. The molecule has 0 bridgehead atoms. The van der Waals surface area contributed by atoms with E-state index in [4.69, 9.17) is 16.0 Å². The Bertz CT molecular complexity index is 522. The van der Waals surface area contributed by atoms with Gasteiger partial charge in [-0.15, -0.1) is 11.6 Å². The van der Waals surface area contributed by atoms with E-state index in [1.807, 2.05) is 24.3 Å². The van der Waals surface area contributed by atoms with Gasteiger partial charge in [-0.05, 0) is 29.8 Å². The summed E-state index contributed by atoms with van der Waals surface area (Å²) >= 11 is 13.5. The van der Waals surface area contributed by atoms with Gasteiger partial charge in [0.1, 0.15) is 5.76 Å². The lowest BCUT2D eigenvalue weighted by molar-refractivity contribution is 0.512. The Labute approximate surface area is 122 Å². The van der Waals surface area contributed by atoms with E-state index in [-0.39, 0.29) is 5.38 Å². The first-order chi connectivity index (χ1) is 8.13. The SMILES string of the molecule is CCc1occc1C(Cl)c1cc(Br)ccc1Br. The molecule has 2 aromatic rings. The zero-order valence-corrected chi connectivity index (χ0v) is 13.1. The van der Waals surface area contributed by atoms with Crippen LogP contribution in [0.2, 0.25) is 0 Å². The van der Waals surface area contributed by atoms with Crippen LogP contribution in [0.15, 0.2) is 43.9 Å². The molecule has 0 fully saturated rings. The predicted octanol–water partition coefficient (Wildman–Crippen LogP) is 5.70. The smallest absolute Gasteiger partial charge is 0.108 e. The zero-order chi connectivity index (χ0) is 12.4. The van der Waals surface area contributed by atoms with Gasteiger partial charge < -0.3 is 4.42 Å². The molecule has 0 N–H and O–H groups in total. The summed E-state index contributed by atoms with van der Waals surface area (Å²) in [7, 11) is 0. The van der Waals surface area contributed by atoms with Crippen LogP contribution in [0, 0.1) is 0 Å². The van der Waals surface area contributed by atoms with Crippen molar-refractivity contribution < 1.29 is 4.42 Å². The number of alkyl halides is 1. The molecule has 0 aliphatic heterocycles. The van der Waals surface area contributed by atoms with E-state index in [9.17, 15) is 0 Å². The van der Waals surface area contributed by atoms with Gasteiger partial charge in [0.2, 0.25) is 0 Å². The highest BCUT2D eigenvalue weighted by Crippen LogP contribution is 2.37. The van der Waals surface area contributed by atoms with Gasteiger partial charge in [0.15, 0.2) is 0 Å². The molecular formula is C13H11Br2ClO. The molecule has 1 aromatic heterocycles. The normalized spacial score (nSPS) is 12.7. The minimum atomic E-state index is -0.199. The summed E-state index contributed by atoms with van der Waals surface area (Å²) in [5.41, 5.74) is 2.07. The van der Waals surface area contributed by atoms with Crippen molar-refractivity contribution in [2.75, 3.05) is 0 Å². The second-order valence-electron chi connectivity index (χ2n) is 3.68. The fourth-order valence-corrected chi connectivity index (χ4v) is 3.10. The fraction of sp³-hybridized carbons (Fsp3) is 0.231. The van der Waals surface area contributed by atoms with Gasteiger partial charge in [0.05, 0.1) is 11.6 Å². The molecule has 0 saturated carbocycles. The van der Waals surface area contributed by atoms with Gasteiger partial charge in [0, 0.05) is 20.9 Å². The molecule has 0 amide bonds. The van der Waals surface area contributed by atoms with Crippen LogP contribution in [0.5, 0.6) is 0 Å². The van der Waals surface area contributed by atoms with Crippen LogP contribution in [0.25, 0.3) is 0 Å². The first-order valence-electron chi connectivity index (χ1n) is 5.28. The third-order valence-electron chi connectivity index (χ3n) is 2.61. The second-order valence-corrected chi connectivity index (χ2v) is 5.89. The molecule has 90 valence electrons. The van der Waals surface area contributed by atoms with E-state index in [1.54, 1.807) is 6.26 Å². The lowest BCUT2D eigenvalue weighted by atomic mass is 10.0. The maximum absolute atomic E-state index is 6.52. The van der Waals surface area contributed by atoms with Crippen molar-refractivity contribution in [2.45, 2.75) is 18.7 Å².